The lowest BCUT2D eigenvalue weighted by Gasteiger charge is -2.39. The van der Waals surface area contributed by atoms with E-state index in [1.165, 1.54) is 0 Å². The zero-order valence-corrected chi connectivity index (χ0v) is 17.8. The van der Waals surface area contributed by atoms with Crippen molar-refractivity contribution in [3.05, 3.63) is 35.9 Å². The van der Waals surface area contributed by atoms with Crippen LogP contribution in [0.2, 0.25) is 0 Å². The standard InChI is InChI=1S/C22H33N3O5/c1-22(2,10-6-11-23)16-24-15-19(26)18(14-17-8-4-3-5-9-17)25(20(27)28)21-29-12-7-13-30-21/h3-5,8-9,18-19,21,24,26H,6-7,10,12-16H2,1-2H3,(H,27,28)/t18-,19-/m0/s1. The first kappa shape index (κ1) is 24.1. The van der Waals surface area contributed by atoms with E-state index in [-0.39, 0.29) is 12.0 Å². The van der Waals surface area contributed by atoms with Gasteiger partial charge in [-0.05, 0) is 30.2 Å². The fourth-order valence-electron chi connectivity index (χ4n) is 3.48. The maximum absolute atomic E-state index is 12.1. The van der Waals surface area contributed by atoms with E-state index in [1.54, 1.807) is 0 Å². The third kappa shape index (κ3) is 7.58. The number of carbonyl (C=O) groups is 1. The van der Waals surface area contributed by atoms with Gasteiger partial charge in [0, 0.05) is 19.5 Å². The Bertz CT molecular complexity index is 686. The molecule has 166 valence electrons. The Labute approximate surface area is 178 Å². The molecule has 1 saturated heterocycles. The topological polar surface area (TPSA) is 115 Å². The van der Waals surface area contributed by atoms with E-state index < -0.39 is 24.7 Å². The third-order valence-corrected chi connectivity index (χ3v) is 5.22. The Kier molecular flexibility index (Phi) is 9.53. The lowest BCUT2D eigenvalue weighted by Crippen LogP contribution is -2.57. The van der Waals surface area contributed by atoms with Crippen molar-refractivity contribution in [1.82, 2.24) is 10.2 Å². The van der Waals surface area contributed by atoms with Gasteiger partial charge in [-0.2, -0.15) is 5.26 Å². The molecule has 1 amide bonds. The molecular formula is C22H33N3O5. The number of aliphatic hydroxyl groups is 1. The molecule has 1 fully saturated rings. The summed E-state index contributed by atoms with van der Waals surface area (Å²) in [5, 5.41) is 32.9. The average Bonchev–Trinajstić information content (AvgIpc) is 2.73. The molecule has 2 atom stereocenters. The molecule has 8 heteroatoms. The van der Waals surface area contributed by atoms with Gasteiger partial charge < -0.3 is 25.0 Å². The van der Waals surface area contributed by atoms with Crippen molar-refractivity contribution < 1.29 is 24.5 Å². The summed E-state index contributed by atoms with van der Waals surface area (Å²) in [5.74, 6) is 0. The SMILES string of the molecule is CC(C)(CCC#N)CNC[C@H](O)[C@H](Cc1ccccc1)N(C(=O)O)C1OCCCO1. The Hall–Kier alpha value is -2.18. The molecule has 1 aromatic carbocycles. The maximum atomic E-state index is 12.1. The van der Waals surface area contributed by atoms with Crippen molar-refractivity contribution in [2.24, 2.45) is 5.41 Å². The Morgan fingerprint density at radius 3 is 2.60 bits per heavy atom. The van der Waals surface area contributed by atoms with Gasteiger partial charge in [0.15, 0.2) is 0 Å². The number of hydrogen-bond donors (Lipinski definition) is 3. The lowest BCUT2D eigenvalue weighted by molar-refractivity contribution is -0.253. The van der Waals surface area contributed by atoms with Crippen LogP contribution in [0.1, 0.15) is 38.7 Å². The summed E-state index contributed by atoms with van der Waals surface area (Å²) in [6.07, 6.45) is -0.959. The summed E-state index contributed by atoms with van der Waals surface area (Å²) in [7, 11) is 0. The van der Waals surface area contributed by atoms with Gasteiger partial charge in [0.2, 0.25) is 6.41 Å². The van der Waals surface area contributed by atoms with E-state index in [4.69, 9.17) is 14.7 Å². The van der Waals surface area contributed by atoms with Crippen LogP contribution >= 0.6 is 0 Å². The number of nitriles is 1. The molecule has 1 aromatic rings. The zero-order valence-electron chi connectivity index (χ0n) is 17.8. The minimum absolute atomic E-state index is 0.105. The first-order valence-corrected chi connectivity index (χ1v) is 10.4. The predicted octanol–water partition coefficient (Wildman–Crippen LogP) is 2.58. The normalized spacial score (nSPS) is 17.1. The first-order valence-electron chi connectivity index (χ1n) is 10.4. The average molecular weight is 420 g/mol. The van der Waals surface area contributed by atoms with Crippen LogP contribution in [0.25, 0.3) is 0 Å². The van der Waals surface area contributed by atoms with Crippen LogP contribution in [0.3, 0.4) is 0 Å². The highest BCUT2D eigenvalue weighted by Crippen LogP contribution is 2.22. The second kappa shape index (κ2) is 11.9. The van der Waals surface area contributed by atoms with E-state index in [1.807, 2.05) is 30.3 Å². The van der Waals surface area contributed by atoms with Crippen LogP contribution in [0, 0.1) is 16.7 Å². The van der Waals surface area contributed by atoms with E-state index in [0.29, 0.717) is 39.0 Å². The molecule has 0 spiro atoms. The van der Waals surface area contributed by atoms with Gasteiger partial charge in [-0.1, -0.05) is 44.2 Å². The molecule has 0 unspecified atom stereocenters. The van der Waals surface area contributed by atoms with E-state index >= 15 is 0 Å². The lowest BCUT2D eigenvalue weighted by atomic mass is 9.88. The Balaban J connectivity index is 2.11. The quantitative estimate of drug-likeness (QED) is 0.505. The number of rotatable bonds is 11. The molecule has 30 heavy (non-hydrogen) atoms. The number of nitrogens with one attached hydrogen (secondary N) is 1. The number of amides is 1. The van der Waals surface area contributed by atoms with Gasteiger partial charge in [0.05, 0.1) is 31.4 Å². The van der Waals surface area contributed by atoms with E-state index in [0.717, 1.165) is 16.9 Å². The van der Waals surface area contributed by atoms with Crippen molar-refractivity contribution >= 4 is 6.09 Å². The summed E-state index contributed by atoms with van der Waals surface area (Å²) in [6, 6.07) is 10.9. The molecule has 8 nitrogen and oxygen atoms in total. The number of hydrogen-bond acceptors (Lipinski definition) is 6. The molecule has 1 aliphatic rings. The Morgan fingerprint density at radius 2 is 2.00 bits per heavy atom. The summed E-state index contributed by atoms with van der Waals surface area (Å²) >= 11 is 0. The summed E-state index contributed by atoms with van der Waals surface area (Å²) in [4.78, 5) is 13.2. The van der Waals surface area contributed by atoms with Crippen LogP contribution in [-0.2, 0) is 15.9 Å². The van der Waals surface area contributed by atoms with Crippen molar-refractivity contribution in [1.29, 1.82) is 5.26 Å². The molecular weight excluding hydrogens is 386 g/mol. The molecule has 3 N–H and O–H groups in total. The van der Waals surface area contributed by atoms with Crippen molar-refractivity contribution in [2.75, 3.05) is 26.3 Å². The monoisotopic (exact) mass is 419 g/mol. The number of aliphatic hydroxyl groups excluding tert-OH is 1. The Morgan fingerprint density at radius 1 is 1.33 bits per heavy atom. The third-order valence-electron chi connectivity index (χ3n) is 5.22. The highest BCUT2D eigenvalue weighted by molar-refractivity contribution is 5.65. The summed E-state index contributed by atoms with van der Waals surface area (Å²) < 4.78 is 11.1. The highest BCUT2D eigenvalue weighted by atomic mass is 16.7. The summed E-state index contributed by atoms with van der Waals surface area (Å²) in [6.45, 7) is 5.75. The van der Waals surface area contributed by atoms with Crippen LogP contribution in [0.15, 0.2) is 30.3 Å². The molecule has 0 saturated carbocycles. The largest absolute Gasteiger partial charge is 0.465 e. The number of benzene rings is 1. The predicted molar refractivity (Wildman–Crippen MR) is 112 cm³/mol. The second-order valence-corrected chi connectivity index (χ2v) is 8.37. The molecule has 0 aromatic heterocycles. The number of nitrogens with zero attached hydrogens (tertiary/aromatic N) is 2. The minimum Gasteiger partial charge on any atom is -0.465 e. The van der Waals surface area contributed by atoms with Crippen molar-refractivity contribution in [2.45, 2.75) is 58.1 Å². The molecule has 2 rings (SSSR count). The van der Waals surface area contributed by atoms with Crippen LogP contribution < -0.4 is 5.32 Å². The van der Waals surface area contributed by atoms with E-state index in [9.17, 15) is 15.0 Å². The van der Waals surface area contributed by atoms with Crippen LogP contribution in [0.4, 0.5) is 4.79 Å². The zero-order chi connectivity index (χ0) is 22.0. The van der Waals surface area contributed by atoms with E-state index in [2.05, 4.69) is 25.2 Å². The molecule has 1 aliphatic heterocycles. The molecule has 0 radical (unpaired) electrons. The van der Waals surface area contributed by atoms with Crippen molar-refractivity contribution in [3.63, 3.8) is 0 Å². The summed E-state index contributed by atoms with van der Waals surface area (Å²) in [5.41, 5.74) is 0.810. The van der Waals surface area contributed by atoms with Gasteiger partial charge >= 0.3 is 6.09 Å². The number of ether oxygens (including phenoxy) is 2. The van der Waals surface area contributed by atoms with Crippen molar-refractivity contribution in [3.8, 4) is 6.07 Å². The first-order chi connectivity index (χ1) is 14.3. The maximum Gasteiger partial charge on any atom is 0.411 e. The minimum atomic E-state index is -1.20. The fourth-order valence-corrected chi connectivity index (χ4v) is 3.48. The fraction of sp³-hybridized carbons (Fsp3) is 0.636. The number of carboxylic acid groups (broad SMARTS) is 1. The van der Waals surface area contributed by atoms with Gasteiger partial charge in [-0.3, -0.25) is 4.90 Å². The highest BCUT2D eigenvalue weighted by Gasteiger charge is 2.37. The van der Waals surface area contributed by atoms with Crippen LogP contribution in [0.5, 0.6) is 0 Å². The molecule has 1 heterocycles. The smallest absolute Gasteiger partial charge is 0.411 e. The molecule has 0 bridgehead atoms. The van der Waals surface area contributed by atoms with Gasteiger partial charge in [0.25, 0.3) is 0 Å². The van der Waals surface area contributed by atoms with Crippen LogP contribution in [-0.4, -0.2) is 66.1 Å². The molecule has 0 aliphatic carbocycles. The van der Waals surface area contributed by atoms with Gasteiger partial charge in [-0.25, -0.2) is 4.79 Å². The van der Waals surface area contributed by atoms with Gasteiger partial charge in [0.1, 0.15) is 0 Å². The second-order valence-electron chi connectivity index (χ2n) is 8.37. The van der Waals surface area contributed by atoms with Gasteiger partial charge in [-0.15, -0.1) is 0 Å².